The molecular formula is C21H15FI2N2O3. The highest BCUT2D eigenvalue weighted by Gasteiger charge is 2.11. The van der Waals surface area contributed by atoms with Crippen LogP contribution >= 0.6 is 45.2 Å². The number of carbonyl (C=O) groups excluding carboxylic acids is 1. The first-order valence-corrected chi connectivity index (χ1v) is 10.6. The van der Waals surface area contributed by atoms with Gasteiger partial charge in [-0.1, -0.05) is 30.3 Å². The van der Waals surface area contributed by atoms with E-state index < -0.39 is 5.91 Å². The first kappa shape index (κ1) is 21.5. The second-order valence-corrected chi connectivity index (χ2v) is 8.23. The molecule has 29 heavy (non-hydrogen) atoms. The molecule has 1 amide bonds. The zero-order valence-electron chi connectivity index (χ0n) is 14.9. The summed E-state index contributed by atoms with van der Waals surface area (Å²) in [6.45, 7) is 0.128. The van der Waals surface area contributed by atoms with Crippen molar-refractivity contribution in [3.63, 3.8) is 0 Å². The Morgan fingerprint density at radius 2 is 1.76 bits per heavy atom. The van der Waals surface area contributed by atoms with E-state index in [1.54, 1.807) is 30.3 Å². The number of phenols is 1. The van der Waals surface area contributed by atoms with Crippen molar-refractivity contribution in [3.8, 4) is 11.5 Å². The molecule has 148 valence electrons. The number of benzene rings is 3. The van der Waals surface area contributed by atoms with Crippen LogP contribution in [0.3, 0.4) is 0 Å². The van der Waals surface area contributed by atoms with Gasteiger partial charge in [0.1, 0.15) is 23.9 Å². The molecule has 3 rings (SSSR count). The third kappa shape index (κ3) is 5.66. The van der Waals surface area contributed by atoms with E-state index in [-0.39, 0.29) is 23.7 Å². The molecule has 0 heterocycles. The van der Waals surface area contributed by atoms with Gasteiger partial charge in [0.05, 0.1) is 18.9 Å². The van der Waals surface area contributed by atoms with Crippen molar-refractivity contribution in [1.29, 1.82) is 0 Å². The van der Waals surface area contributed by atoms with Gasteiger partial charge in [-0.15, -0.1) is 0 Å². The SMILES string of the molecule is O=C(N/N=C\c1cc(I)c(OCc2ccccc2F)c(I)c1)c1ccccc1O. The number of ether oxygens (including phenoxy) is 1. The molecule has 0 aliphatic heterocycles. The Balaban J connectivity index is 1.67. The van der Waals surface area contributed by atoms with E-state index in [2.05, 4.69) is 55.7 Å². The smallest absolute Gasteiger partial charge is 0.275 e. The number of para-hydroxylation sites is 1. The molecule has 0 fully saturated rings. The maximum atomic E-state index is 13.8. The molecule has 0 spiro atoms. The van der Waals surface area contributed by atoms with Crippen LogP contribution in [-0.4, -0.2) is 17.2 Å². The van der Waals surface area contributed by atoms with Gasteiger partial charge in [-0.2, -0.15) is 5.10 Å². The standard InChI is InChI=1S/C21H15FI2N2O3/c22-16-7-3-1-5-14(16)12-29-20-17(23)9-13(10-18(20)24)11-25-26-21(28)15-6-2-4-8-19(15)27/h1-11,27H,12H2,(H,26,28)/b25-11-. The molecule has 0 saturated heterocycles. The van der Waals surface area contributed by atoms with Crippen LogP contribution in [0.5, 0.6) is 11.5 Å². The monoisotopic (exact) mass is 616 g/mol. The van der Waals surface area contributed by atoms with E-state index in [0.717, 1.165) is 12.7 Å². The molecule has 0 aliphatic carbocycles. The predicted molar refractivity (Wildman–Crippen MR) is 126 cm³/mol. The van der Waals surface area contributed by atoms with E-state index in [1.165, 1.54) is 24.4 Å². The fourth-order valence-electron chi connectivity index (χ4n) is 2.45. The molecule has 0 atom stereocenters. The van der Waals surface area contributed by atoms with Crippen molar-refractivity contribution in [2.75, 3.05) is 0 Å². The number of aromatic hydroxyl groups is 1. The van der Waals surface area contributed by atoms with Crippen LogP contribution in [0.4, 0.5) is 4.39 Å². The van der Waals surface area contributed by atoms with E-state index in [0.29, 0.717) is 11.3 Å². The average Bonchev–Trinajstić information content (AvgIpc) is 2.69. The Kier molecular flexibility index (Phi) is 7.42. The van der Waals surface area contributed by atoms with Crippen LogP contribution in [0.1, 0.15) is 21.5 Å². The largest absolute Gasteiger partial charge is 0.507 e. The third-order valence-electron chi connectivity index (χ3n) is 3.88. The van der Waals surface area contributed by atoms with Crippen LogP contribution in [-0.2, 0) is 6.61 Å². The van der Waals surface area contributed by atoms with Crippen LogP contribution < -0.4 is 10.2 Å². The van der Waals surface area contributed by atoms with E-state index in [4.69, 9.17) is 4.74 Å². The topological polar surface area (TPSA) is 70.9 Å². The number of nitrogens with one attached hydrogen (secondary N) is 1. The van der Waals surface area contributed by atoms with Crippen molar-refractivity contribution in [2.45, 2.75) is 6.61 Å². The maximum Gasteiger partial charge on any atom is 0.275 e. The lowest BCUT2D eigenvalue weighted by atomic mass is 10.2. The fourth-order valence-corrected chi connectivity index (χ4v) is 4.58. The summed E-state index contributed by atoms with van der Waals surface area (Å²) >= 11 is 4.27. The molecule has 8 heteroatoms. The summed E-state index contributed by atoms with van der Waals surface area (Å²) in [5.74, 6) is -0.263. The van der Waals surface area contributed by atoms with Gasteiger partial charge in [-0.3, -0.25) is 4.79 Å². The normalized spacial score (nSPS) is 10.9. The summed E-state index contributed by atoms with van der Waals surface area (Å²) in [7, 11) is 0. The van der Waals surface area contributed by atoms with Crippen molar-refractivity contribution < 1.29 is 19.0 Å². The highest BCUT2D eigenvalue weighted by molar-refractivity contribution is 14.1. The van der Waals surface area contributed by atoms with Gasteiger partial charge in [0.15, 0.2) is 0 Å². The van der Waals surface area contributed by atoms with E-state index in [1.807, 2.05) is 12.1 Å². The Bertz CT molecular complexity index is 1050. The molecule has 0 radical (unpaired) electrons. The lowest BCUT2D eigenvalue weighted by Gasteiger charge is -2.12. The molecule has 0 bridgehead atoms. The second kappa shape index (κ2) is 10.0. The van der Waals surface area contributed by atoms with Gasteiger partial charge in [0, 0.05) is 5.56 Å². The van der Waals surface area contributed by atoms with Crippen molar-refractivity contribution >= 4 is 57.3 Å². The average molecular weight is 616 g/mol. The Hall–Kier alpha value is -2.21. The minimum atomic E-state index is -0.506. The summed E-state index contributed by atoms with van der Waals surface area (Å²) in [6.07, 6.45) is 1.50. The van der Waals surface area contributed by atoms with Gasteiger partial charge in [-0.05, 0) is 81.1 Å². The lowest BCUT2D eigenvalue weighted by molar-refractivity contribution is 0.0952. The summed E-state index contributed by atoms with van der Waals surface area (Å²) < 4.78 is 21.2. The molecular weight excluding hydrogens is 601 g/mol. The zero-order chi connectivity index (χ0) is 20.8. The minimum absolute atomic E-state index is 0.111. The Morgan fingerprint density at radius 3 is 2.45 bits per heavy atom. The molecule has 5 nitrogen and oxygen atoms in total. The minimum Gasteiger partial charge on any atom is -0.507 e. The van der Waals surface area contributed by atoms with Crippen molar-refractivity contribution in [1.82, 2.24) is 5.43 Å². The van der Waals surface area contributed by atoms with Gasteiger partial charge in [0.25, 0.3) is 5.91 Å². The second-order valence-electron chi connectivity index (χ2n) is 5.91. The van der Waals surface area contributed by atoms with Crippen molar-refractivity contribution in [3.05, 3.63) is 90.3 Å². The zero-order valence-corrected chi connectivity index (χ0v) is 19.2. The van der Waals surface area contributed by atoms with Crippen LogP contribution in [0, 0.1) is 13.0 Å². The molecule has 0 aromatic heterocycles. The first-order chi connectivity index (χ1) is 14.0. The molecule has 0 unspecified atom stereocenters. The third-order valence-corrected chi connectivity index (χ3v) is 5.48. The quantitative estimate of drug-likeness (QED) is 0.231. The number of amides is 1. The molecule has 2 N–H and O–H groups in total. The van der Waals surface area contributed by atoms with Crippen molar-refractivity contribution in [2.24, 2.45) is 5.10 Å². The maximum absolute atomic E-state index is 13.8. The number of hydrogen-bond donors (Lipinski definition) is 2. The number of phenolic OH excluding ortho intramolecular Hbond substituents is 1. The lowest BCUT2D eigenvalue weighted by Crippen LogP contribution is -2.17. The number of hydrazone groups is 1. The van der Waals surface area contributed by atoms with Crippen LogP contribution in [0.15, 0.2) is 65.8 Å². The molecule has 0 aliphatic rings. The molecule has 0 saturated carbocycles. The molecule has 3 aromatic carbocycles. The summed E-state index contributed by atoms with van der Waals surface area (Å²) in [6, 6.07) is 16.4. The number of halogens is 3. The Morgan fingerprint density at radius 1 is 1.10 bits per heavy atom. The van der Waals surface area contributed by atoms with Gasteiger partial charge in [0.2, 0.25) is 0 Å². The number of hydrogen-bond acceptors (Lipinski definition) is 4. The predicted octanol–water partition coefficient (Wildman–Crippen LogP) is 5.08. The highest BCUT2D eigenvalue weighted by atomic mass is 127. The van der Waals surface area contributed by atoms with E-state index >= 15 is 0 Å². The number of nitrogens with zero attached hydrogens (tertiary/aromatic N) is 1. The summed E-state index contributed by atoms with van der Waals surface area (Å²) in [5.41, 5.74) is 3.77. The summed E-state index contributed by atoms with van der Waals surface area (Å²) in [5, 5.41) is 13.6. The fraction of sp³-hybridized carbons (Fsp3) is 0.0476. The van der Waals surface area contributed by atoms with Gasteiger partial charge >= 0.3 is 0 Å². The highest BCUT2D eigenvalue weighted by Crippen LogP contribution is 2.29. The number of carbonyl (C=O) groups is 1. The van der Waals surface area contributed by atoms with Gasteiger partial charge in [-0.25, -0.2) is 9.82 Å². The van der Waals surface area contributed by atoms with Gasteiger partial charge < -0.3 is 9.84 Å². The van der Waals surface area contributed by atoms with Crippen LogP contribution in [0.25, 0.3) is 0 Å². The van der Waals surface area contributed by atoms with E-state index in [9.17, 15) is 14.3 Å². The molecule has 3 aromatic rings. The summed E-state index contributed by atoms with van der Waals surface area (Å²) in [4.78, 5) is 12.1. The van der Waals surface area contributed by atoms with Crippen LogP contribution in [0.2, 0.25) is 0 Å². The first-order valence-electron chi connectivity index (χ1n) is 8.42. The Labute approximate surface area is 194 Å². The number of rotatable bonds is 6.